The lowest BCUT2D eigenvalue weighted by Gasteiger charge is -2.01. The summed E-state index contributed by atoms with van der Waals surface area (Å²) in [6.07, 6.45) is 1.47. The molecule has 0 radical (unpaired) electrons. The molecule has 0 aliphatic carbocycles. The van der Waals surface area contributed by atoms with Crippen molar-refractivity contribution in [3.8, 4) is 0 Å². The van der Waals surface area contributed by atoms with Crippen molar-refractivity contribution in [1.82, 2.24) is 10.3 Å². The fourth-order valence-electron chi connectivity index (χ4n) is 0.815. The summed E-state index contributed by atoms with van der Waals surface area (Å²) >= 11 is 5.32. The molecule has 0 atom stereocenters. The topological polar surface area (TPSA) is 84.2 Å². The number of aromatic nitrogens is 1. The fraction of sp³-hybridized carbons (Fsp3) is 0.375. The number of oxazole rings is 1. The molecule has 2 N–H and O–H groups in total. The molecule has 82 valence electrons. The number of hydrogen-bond acceptors (Lipinski definition) is 4. The standard InChI is InChI=1S/C8H10ClN3O3/c1-5-4-15-8(10-5)12-7(14)11-6(13)2-3-9/h4H,2-3H2,1H3,(H2,10,11,12,13,14). The summed E-state index contributed by atoms with van der Waals surface area (Å²) in [5.74, 6) is -0.289. The average Bonchev–Trinajstić information content (AvgIpc) is 2.51. The minimum Gasteiger partial charge on any atom is -0.432 e. The van der Waals surface area contributed by atoms with Crippen LogP contribution in [0.5, 0.6) is 0 Å². The Morgan fingerprint density at radius 2 is 2.33 bits per heavy atom. The number of hydrogen-bond donors (Lipinski definition) is 2. The summed E-state index contributed by atoms with van der Waals surface area (Å²) in [5.41, 5.74) is 0.636. The first-order chi connectivity index (χ1) is 7.11. The molecule has 1 aromatic rings. The van der Waals surface area contributed by atoms with E-state index in [-0.39, 0.29) is 18.3 Å². The zero-order valence-electron chi connectivity index (χ0n) is 8.04. The van der Waals surface area contributed by atoms with Gasteiger partial charge in [0.2, 0.25) is 5.91 Å². The molecule has 0 aliphatic heterocycles. The Kier molecular flexibility index (Phi) is 4.11. The van der Waals surface area contributed by atoms with E-state index in [0.29, 0.717) is 5.69 Å². The number of halogens is 1. The minimum atomic E-state index is -0.688. The van der Waals surface area contributed by atoms with Gasteiger partial charge in [0, 0.05) is 12.3 Å². The van der Waals surface area contributed by atoms with Crippen LogP contribution in [0.4, 0.5) is 10.8 Å². The summed E-state index contributed by atoms with van der Waals surface area (Å²) in [4.78, 5) is 25.9. The van der Waals surface area contributed by atoms with Crippen LogP contribution in [0.1, 0.15) is 12.1 Å². The van der Waals surface area contributed by atoms with Crippen molar-refractivity contribution < 1.29 is 14.0 Å². The summed E-state index contributed by atoms with van der Waals surface area (Å²) in [6.45, 7) is 1.71. The molecule has 0 fully saturated rings. The van der Waals surface area contributed by atoms with Gasteiger partial charge in [-0.05, 0) is 6.92 Å². The Morgan fingerprint density at radius 1 is 1.60 bits per heavy atom. The van der Waals surface area contributed by atoms with Gasteiger partial charge < -0.3 is 4.42 Å². The van der Waals surface area contributed by atoms with Gasteiger partial charge in [-0.25, -0.2) is 4.79 Å². The molecule has 15 heavy (non-hydrogen) atoms. The highest BCUT2D eigenvalue weighted by molar-refractivity contribution is 6.19. The van der Waals surface area contributed by atoms with Crippen molar-refractivity contribution >= 4 is 29.6 Å². The minimum absolute atomic E-state index is 0.0451. The van der Waals surface area contributed by atoms with Gasteiger partial charge in [-0.1, -0.05) is 0 Å². The number of nitrogens with one attached hydrogen (secondary N) is 2. The molecule has 1 heterocycles. The Hall–Kier alpha value is -1.56. The van der Waals surface area contributed by atoms with Crippen molar-refractivity contribution in [2.24, 2.45) is 0 Å². The molecule has 7 heteroatoms. The van der Waals surface area contributed by atoms with E-state index in [2.05, 4.69) is 15.6 Å². The van der Waals surface area contributed by atoms with E-state index >= 15 is 0 Å². The molecule has 0 spiro atoms. The van der Waals surface area contributed by atoms with Crippen molar-refractivity contribution in [3.05, 3.63) is 12.0 Å². The van der Waals surface area contributed by atoms with Crippen LogP contribution in [0.2, 0.25) is 0 Å². The monoisotopic (exact) mass is 231 g/mol. The Labute approximate surface area is 91.0 Å². The molecule has 0 unspecified atom stereocenters. The molecule has 1 rings (SSSR count). The molecular weight excluding hydrogens is 222 g/mol. The zero-order chi connectivity index (χ0) is 11.3. The number of rotatable bonds is 3. The molecule has 0 aromatic carbocycles. The molecule has 6 nitrogen and oxygen atoms in total. The lowest BCUT2D eigenvalue weighted by molar-refractivity contribution is -0.119. The van der Waals surface area contributed by atoms with Crippen molar-refractivity contribution in [3.63, 3.8) is 0 Å². The van der Waals surface area contributed by atoms with Crippen LogP contribution in [0.3, 0.4) is 0 Å². The van der Waals surface area contributed by atoms with Crippen LogP contribution >= 0.6 is 11.6 Å². The second-order valence-corrected chi connectivity index (χ2v) is 3.11. The van der Waals surface area contributed by atoms with Gasteiger partial charge >= 0.3 is 12.0 Å². The number of carbonyl (C=O) groups excluding carboxylic acids is 2. The lowest BCUT2D eigenvalue weighted by atomic mass is 10.4. The van der Waals surface area contributed by atoms with Crippen LogP contribution in [0.25, 0.3) is 0 Å². The molecule has 0 saturated carbocycles. The maximum Gasteiger partial charge on any atom is 0.329 e. The van der Waals surface area contributed by atoms with Gasteiger partial charge in [0.15, 0.2) is 0 Å². The van der Waals surface area contributed by atoms with Crippen LogP contribution < -0.4 is 10.6 Å². The van der Waals surface area contributed by atoms with Crippen molar-refractivity contribution in [2.45, 2.75) is 13.3 Å². The number of imide groups is 1. The predicted molar refractivity (Wildman–Crippen MR) is 53.7 cm³/mol. The van der Waals surface area contributed by atoms with Crippen LogP contribution in [0.15, 0.2) is 10.7 Å². The van der Waals surface area contributed by atoms with Gasteiger partial charge in [0.05, 0.1) is 5.69 Å². The van der Waals surface area contributed by atoms with E-state index in [0.717, 1.165) is 0 Å². The van der Waals surface area contributed by atoms with Crippen molar-refractivity contribution in [2.75, 3.05) is 11.2 Å². The van der Waals surface area contributed by atoms with Gasteiger partial charge in [0.25, 0.3) is 0 Å². The fourth-order valence-corrected chi connectivity index (χ4v) is 0.986. The van der Waals surface area contributed by atoms with Gasteiger partial charge in [-0.3, -0.25) is 15.4 Å². The predicted octanol–water partition coefficient (Wildman–Crippen LogP) is 1.26. The number of nitrogens with zero attached hydrogens (tertiary/aromatic N) is 1. The highest BCUT2D eigenvalue weighted by Gasteiger charge is 2.09. The maximum atomic E-state index is 11.1. The molecule has 0 bridgehead atoms. The smallest absolute Gasteiger partial charge is 0.329 e. The number of aryl methyl sites for hydroxylation is 1. The maximum absolute atomic E-state index is 11.1. The van der Waals surface area contributed by atoms with Gasteiger partial charge in [-0.2, -0.15) is 4.98 Å². The second-order valence-electron chi connectivity index (χ2n) is 2.74. The first-order valence-electron chi connectivity index (χ1n) is 4.20. The largest absolute Gasteiger partial charge is 0.432 e. The summed E-state index contributed by atoms with van der Waals surface area (Å²) in [5, 5.41) is 4.33. The number of urea groups is 1. The van der Waals surface area contributed by atoms with Gasteiger partial charge in [0.1, 0.15) is 6.26 Å². The third-order valence-corrected chi connectivity index (χ3v) is 1.60. The van der Waals surface area contributed by atoms with E-state index in [1.807, 2.05) is 0 Å². The van der Waals surface area contributed by atoms with E-state index < -0.39 is 11.9 Å². The van der Waals surface area contributed by atoms with Crippen LogP contribution in [0, 0.1) is 6.92 Å². The zero-order valence-corrected chi connectivity index (χ0v) is 8.80. The first-order valence-corrected chi connectivity index (χ1v) is 4.74. The summed E-state index contributed by atoms with van der Waals surface area (Å²) < 4.78 is 4.86. The van der Waals surface area contributed by atoms with E-state index in [1.54, 1.807) is 6.92 Å². The third kappa shape index (κ3) is 3.99. The average molecular weight is 232 g/mol. The summed E-state index contributed by atoms with van der Waals surface area (Å²) in [7, 11) is 0. The molecular formula is C8H10ClN3O3. The molecule has 1 aromatic heterocycles. The first kappa shape index (κ1) is 11.5. The Bertz CT molecular complexity index is 364. The number of anilines is 1. The van der Waals surface area contributed by atoms with E-state index in [4.69, 9.17) is 16.0 Å². The van der Waals surface area contributed by atoms with Crippen molar-refractivity contribution in [1.29, 1.82) is 0 Å². The Morgan fingerprint density at radius 3 is 2.87 bits per heavy atom. The number of alkyl halides is 1. The van der Waals surface area contributed by atoms with Crippen LogP contribution in [-0.2, 0) is 4.79 Å². The normalized spacial score (nSPS) is 9.73. The number of carbonyl (C=O) groups is 2. The highest BCUT2D eigenvalue weighted by atomic mass is 35.5. The third-order valence-electron chi connectivity index (χ3n) is 1.41. The van der Waals surface area contributed by atoms with E-state index in [1.165, 1.54) is 6.26 Å². The van der Waals surface area contributed by atoms with Crippen LogP contribution in [-0.4, -0.2) is 22.8 Å². The lowest BCUT2D eigenvalue weighted by Crippen LogP contribution is -2.34. The Balaban J connectivity index is 2.39. The highest BCUT2D eigenvalue weighted by Crippen LogP contribution is 2.05. The summed E-state index contributed by atoms with van der Waals surface area (Å²) in [6, 6.07) is -0.643. The number of amides is 3. The molecule has 3 amide bonds. The molecule has 0 saturated heterocycles. The van der Waals surface area contributed by atoms with E-state index in [9.17, 15) is 9.59 Å². The SMILES string of the molecule is Cc1coc(NC(=O)NC(=O)CCCl)n1. The van der Waals surface area contributed by atoms with Gasteiger partial charge in [-0.15, -0.1) is 11.6 Å². The molecule has 0 aliphatic rings. The quantitative estimate of drug-likeness (QED) is 0.767. The second kappa shape index (κ2) is 5.35.